The van der Waals surface area contributed by atoms with E-state index < -0.39 is 0 Å². The van der Waals surface area contributed by atoms with Gasteiger partial charge in [0, 0.05) is 6.54 Å². The van der Waals surface area contributed by atoms with Crippen LogP contribution in [0.5, 0.6) is 0 Å². The number of para-hydroxylation sites is 1. The van der Waals surface area contributed by atoms with Gasteiger partial charge in [-0.2, -0.15) is 10.1 Å². The van der Waals surface area contributed by atoms with E-state index in [0.29, 0.717) is 28.5 Å². The summed E-state index contributed by atoms with van der Waals surface area (Å²) in [6.45, 7) is 4.67. The molecular weight excluding hydrogens is 340 g/mol. The minimum atomic E-state index is -0.257. The van der Waals surface area contributed by atoms with Crippen LogP contribution in [-0.4, -0.2) is 42.9 Å². The highest BCUT2D eigenvalue weighted by molar-refractivity contribution is 7.99. The van der Waals surface area contributed by atoms with Crippen LogP contribution in [0.2, 0.25) is 0 Å². The predicted octanol–water partition coefficient (Wildman–Crippen LogP) is 1.37. The lowest BCUT2D eigenvalue weighted by Crippen LogP contribution is -2.29. The Kier molecular flexibility index (Phi) is 5.13. The van der Waals surface area contributed by atoms with Crippen LogP contribution in [-0.2, 0) is 4.79 Å². The number of aromatic amines is 1. The summed E-state index contributed by atoms with van der Waals surface area (Å²) in [6, 6.07) is 7.07. The third-order valence-corrected chi connectivity index (χ3v) is 4.34. The van der Waals surface area contributed by atoms with Gasteiger partial charge in [0.2, 0.25) is 11.9 Å². The molecular formula is C16H18N6O2S. The first kappa shape index (κ1) is 17.2. The Morgan fingerprint density at radius 1 is 1.36 bits per heavy atom. The monoisotopic (exact) mass is 358 g/mol. The Labute approximate surface area is 148 Å². The number of carbonyl (C=O) groups excluding carboxylic acids is 1. The van der Waals surface area contributed by atoms with Crippen molar-refractivity contribution in [2.45, 2.75) is 19.0 Å². The third-order valence-electron chi connectivity index (χ3n) is 3.40. The highest BCUT2D eigenvalue weighted by atomic mass is 32.2. The van der Waals surface area contributed by atoms with Crippen molar-refractivity contribution in [1.82, 2.24) is 30.0 Å². The molecule has 2 heterocycles. The zero-order valence-electron chi connectivity index (χ0n) is 13.9. The van der Waals surface area contributed by atoms with Crippen molar-refractivity contribution in [2.75, 3.05) is 12.3 Å². The fraction of sp³-hybridized carbons (Fsp3) is 0.312. The van der Waals surface area contributed by atoms with Crippen molar-refractivity contribution in [3.8, 4) is 5.95 Å². The van der Waals surface area contributed by atoms with Gasteiger partial charge in [-0.3, -0.25) is 9.59 Å². The van der Waals surface area contributed by atoms with E-state index in [2.05, 4.69) is 25.5 Å². The number of thioether (sulfide) groups is 1. The second-order valence-electron chi connectivity index (χ2n) is 5.85. The van der Waals surface area contributed by atoms with Crippen LogP contribution >= 0.6 is 11.8 Å². The molecule has 0 radical (unpaired) electrons. The largest absolute Gasteiger partial charge is 0.355 e. The number of H-pyrrole nitrogens is 1. The minimum Gasteiger partial charge on any atom is -0.355 e. The summed E-state index contributed by atoms with van der Waals surface area (Å²) in [5.41, 5.74) is 0.320. The first-order chi connectivity index (χ1) is 12.1. The maximum absolute atomic E-state index is 12.8. The second kappa shape index (κ2) is 7.47. The van der Waals surface area contributed by atoms with E-state index in [9.17, 15) is 9.59 Å². The molecule has 2 N–H and O–H groups in total. The molecule has 0 unspecified atom stereocenters. The molecule has 1 amide bonds. The number of hydrogen-bond acceptors (Lipinski definition) is 6. The van der Waals surface area contributed by atoms with Gasteiger partial charge in [0.05, 0.1) is 16.7 Å². The number of nitrogens with zero attached hydrogens (tertiary/aromatic N) is 4. The fourth-order valence-corrected chi connectivity index (χ4v) is 3.03. The van der Waals surface area contributed by atoms with Crippen molar-refractivity contribution in [2.24, 2.45) is 5.92 Å². The van der Waals surface area contributed by atoms with Gasteiger partial charge >= 0.3 is 0 Å². The maximum atomic E-state index is 12.8. The van der Waals surface area contributed by atoms with Gasteiger partial charge in [0.15, 0.2) is 5.16 Å². The number of fused-ring (bicyclic) bond motifs is 1. The van der Waals surface area contributed by atoms with Crippen molar-refractivity contribution in [3.63, 3.8) is 0 Å². The molecule has 0 aliphatic carbocycles. The molecule has 0 fully saturated rings. The molecule has 0 spiro atoms. The van der Waals surface area contributed by atoms with Gasteiger partial charge in [-0.15, -0.1) is 0 Å². The Balaban J connectivity index is 1.95. The number of hydrogen-bond donors (Lipinski definition) is 2. The molecule has 0 saturated carbocycles. The number of amides is 1. The molecule has 8 nitrogen and oxygen atoms in total. The number of nitrogens with one attached hydrogen (secondary N) is 2. The Morgan fingerprint density at radius 3 is 2.88 bits per heavy atom. The summed E-state index contributed by atoms with van der Waals surface area (Å²) in [5.74, 6) is 0.699. The van der Waals surface area contributed by atoms with Crippen LogP contribution in [0, 0.1) is 5.92 Å². The van der Waals surface area contributed by atoms with Crippen LogP contribution in [0.15, 0.2) is 40.5 Å². The smallest absolute Gasteiger partial charge is 0.269 e. The molecule has 0 saturated heterocycles. The topological polar surface area (TPSA) is 106 Å². The molecule has 25 heavy (non-hydrogen) atoms. The molecule has 0 aliphatic rings. The summed E-state index contributed by atoms with van der Waals surface area (Å²) in [7, 11) is 0. The van der Waals surface area contributed by atoms with Crippen LogP contribution in [0.4, 0.5) is 0 Å². The molecule has 0 bridgehead atoms. The zero-order valence-corrected chi connectivity index (χ0v) is 14.7. The average molecular weight is 358 g/mol. The fourth-order valence-electron chi connectivity index (χ4n) is 2.20. The molecule has 0 aliphatic heterocycles. The van der Waals surface area contributed by atoms with E-state index >= 15 is 0 Å². The maximum Gasteiger partial charge on any atom is 0.269 e. The number of benzene rings is 1. The molecule has 2 aromatic heterocycles. The first-order valence-electron chi connectivity index (χ1n) is 7.83. The van der Waals surface area contributed by atoms with Gasteiger partial charge in [-0.1, -0.05) is 37.7 Å². The molecule has 0 atom stereocenters. The SMILES string of the molecule is CC(C)CNC(=O)CSc1nc2ccccc2c(=O)n1-c1ncn[nH]1. The molecule has 1 aromatic carbocycles. The molecule has 3 rings (SSSR count). The van der Waals surface area contributed by atoms with Crippen LogP contribution in [0.1, 0.15) is 13.8 Å². The number of carbonyl (C=O) groups is 1. The van der Waals surface area contributed by atoms with Crippen molar-refractivity contribution >= 4 is 28.6 Å². The van der Waals surface area contributed by atoms with Gasteiger partial charge in [0.25, 0.3) is 5.56 Å². The van der Waals surface area contributed by atoms with Gasteiger partial charge in [-0.05, 0) is 18.1 Å². The van der Waals surface area contributed by atoms with Gasteiger partial charge in [0.1, 0.15) is 6.33 Å². The first-order valence-corrected chi connectivity index (χ1v) is 8.82. The van der Waals surface area contributed by atoms with E-state index in [1.54, 1.807) is 18.2 Å². The van der Waals surface area contributed by atoms with E-state index in [1.807, 2.05) is 19.9 Å². The third kappa shape index (κ3) is 3.87. The van der Waals surface area contributed by atoms with Gasteiger partial charge in [-0.25, -0.2) is 14.6 Å². The van der Waals surface area contributed by atoms with Crippen LogP contribution in [0.25, 0.3) is 16.9 Å². The second-order valence-corrected chi connectivity index (χ2v) is 6.79. The summed E-state index contributed by atoms with van der Waals surface area (Å²) in [6.07, 6.45) is 1.32. The standard InChI is InChI=1S/C16H18N6O2S/c1-10(2)7-17-13(23)8-25-16-20-12-6-4-3-5-11(12)14(24)22(16)15-18-9-19-21-15/h3-6,9-10H,7-8H2,1-2H3,(H,17,23)(H,18,19,21). The summed E-state index contributed by atoms with van der Waals surface area (Å²) in [4.78, 5) is 33.4. The Bertz CT molecular complexity index is 935. The van der Waals surface area contributed by atoms with E-state index in [0.717, 1.165) is 0 Å². The van der Waals surface area contributed by atoms with Crippen molar-refractivity contribution in [3.05, 3.63) is 40.9 Å². The molecule has 3 aromatic rings. The molecule has 130 valence electrons. The van der Waals surface area contributed by atoms with E-state index in [1.165, 1.54) is 22.7 Å². The van der Waals surface area contributed by atoms with Crippen LogP contribution < -0.4 is 10.9 Å². The summed E-state index contributed by atoms with van der Waals surface area (Å²) >= 11 is 1.19. The zero-order chi connectivity index (χ0) is 17.8. The van der Waals surface area contributed by atoms with Gasteiger partial charge < -0.3 is 5.32 Å². The van der Waals surface area contributed by atoms with Crippen molar-refractivity contribution in [1.29, 1.82) is 0 Å². The lowest BCUT2D eigenvalue weighted by Gasteiger charge is -2.11. The van der Waals surface area contributed by atoms with Crippen molar-refractivity contribution < 1.29 is 4.79 Å². The molecule has 9 heteroatoms. The minimum absolute atomic E-state index is 0.106. The van der Waals surface area contributed by atoms with E-state index in [4.69, 9.17) is 0 Å². The number of aromatic nitrogens is 5. The van der Waals surface area contributed by atoms with E-state index in [-0.39, 0.29) is 23.2 Å². The average Bonchev–Trinajstić information content (AvgIpc) is 3.12. The predicted molar refractivity (Wildman–Crippen MR) is 95.9 cm³/mol. The summed E-state index contributed by atoms with van der Waals surface area (Å²) in [5, 5.41) is 10.2. The lowest BCUT2D eigenvalue weighted by atomic mass is 10.2. The quantitative estimate of drug-likeness (QED) is 0.509. The number of rotatable bonds is 6. The van der Waals surface area contributed by atoms with Crippen LogP contribution in [0.3, 0.4) is 0 Å². The lowest BCUT2D eigenvalue weighted by molar-refractivity contribution is -0.118. The Morgan fingerprint density at radius 2 is 2.16 bits per heavy atom. The highest BCUT2D eigenvalue weighted by Gasteiger charge is 2.16. The highest BCUT2D eigenvalue weighted by Crippen LogP contribution is 2.19. The Hall–Kier alpha value is -2.68. The normalized spacial score (nSPS) is 11.2. The summed E-state index contributed by atoms with van der Waals surface area (Å²) < 4.78 is 1.34.